The molecule has 0 N–H and O–H groups in total. The summed E-state index contributed by atoms with van der Waals surface area (Å²) in [6, 6.07) is 14.4. The Morgan fingerprint density at radius 1 is 0.938 bits per heavy atom. The molecule has 0 aliphatic rings. The summed E-state index contributed by atoms with van der Waals surface area (Å²) in [4.78, 5) is 0. The fourth-order valence-corrected chi connectivity index (χ4v) is 1.43. The van der Waals surface area contributed by atoms with Gasteiger partial charge in [-0.25, -0.2) is 4.39 Å². The molecule has 0 unspecified atom stereocenters. The minimum atomic E-state index is -0.220. The van der Waals surface area contributed by atoms with Crippen LogP contribution in [0.15, 0.2) is 48.5 Å². The van der Waals surface area contributed by atoms with E-state index in [0.717, 1.165) is 16.7 Å². The summed E-state index contributed by atoms with van der Waals surface area (Å²) in [5.74, 6) is 5.87. The Balaban J connectivity index is 2.31. The van der Waals surface area contributed by atoms with Crippen LogP contribution >= 0.6 is 0 Å². The zero-order valence-electron chi connectivity index (χ0n) is 9.00. The first-order valence-electron chi connectivity index (χ1n) is 5.09. The fraction of sp³-hybridized carbons (Fsp3) is 0.0667. The predicted octanol–water partition coefficient (Wildman–Crippen LogP) is 3.53. The van der Waals surface area contributed by atoms with Crippen LogP contribution in [0.3, 0.4) is 0 Å². The maximum atomic E-state index is 12.9. The van der Waals surface area contributed by atoms with Crippen molar-refractivity contribution in [1.29, 1.82) is 0 Å². The van der Waals surface area contributed by atoms with Crippen LogP contribution in [0.2, 0.25) is 0 Å². The maximum Gasteiger partial charge on any atom is 0.123 e. The number of hydrogen-bond acceptors (Lipinski definition) is 0. The zero-order valence-corrected chi connectivity index (χ0v) is 9.00. The third-order valence-electron chi connectivity index (χ3n) is 2.30. The lowest BCUT2D eigenvalue weighted by molar-refractivity contribution is 0.626. The highest BCUT2D eigenvalue weighted by Crippen LogP contribution is 2.08. The molecule has 16 heavy (non-hydrogen) atoms. The summed E-state index contributed by atoms with van der Waals surface area (Å²) in [6.45, 7) is 1.86. The van der Waals surface area contributed by atoms with E-state index >= 15 is 0 Å². The molecule has 0 radical (unpaired) electrons. The van der Waals surface area contributed by atoms with Gasteiger partial charge < -0.3 is 0 Å². The van der Waals surface area contributed by atoms with Crippen LogP contribution in [0.1, 0.15) is 16.7 Å². The van der Waals surface area contributed by atoms with Crippen LogP contribution in [-0.4, -0.2) is 0 Å². The highest BCUT2D eigenvalue weighted by molar-refractivity contribution is 5.46. The summed E-state index contributed by atoms with van der Waals surface area (Å²) in [6.07, 6.45) is 0. The van der Waals surface area contributed by atoms with Crippen molar-refractivity contribution >= 4 is 0 Å². The topological polar surface area (TPSA) is 0 Å². The molecule has 0 saturated carbocycles. The number of hydrogen-bond donors (Lipinski definition) is 0. The zero-order chi connectivity index (χ0) is 11.4. The highest BCUT2D eigenvalue weighted by atomic mass is 19.1. The first kappa shape index (κ1) is 10.4. The molecule has 0 fully saturated rings. The van der Waals surface area contributed by atoms with Crippen molar-refractivity contribution in [3.8, 4) is 11.8 Å². The molecule has 1 heteroatoms. The van der Waals surface area contributed by atoms with Crippen LogP contribution in [0.5, 0.6) is 0 Å². The van der Waals surface area contributed by atoms with Crippen LogP contribution < -0.4 is 0 Å². The van der Waals surface area contributed by atoms with Crippen molar-refractivity contribution in [1.82, 2.24) is 0 Å². The van der Waals surface area contributed by atoms with E-state index in [1.807, 2.05) is 37.3 Å². The second kappa shape index (κ2) is 4.63. The highest BCUT2D eigenvalue weighted by Gasteiger charge is 1.95. The molecule has 0 amide bonds. The summed E-state index contributed by atoms with van der Waals surface area (Å²) < 4.78 is 12.9. The smallest absolute Gasteiger partial charge is 0.123 e. The van der Waals surface area contributed by atoms with Gasteiger partial charge in [0.1, 0.15) is 5.82 Å². The Morgan fingerprint density at radius 2 is 1.69 bits per heavy atom. The average molecular weight is 210 g/mol. The minimum absolute atomic E-state index is 0.220. The second-order valence-corrected chi connectivity index (χ2v) is 3.58. The molecule has 0 heterocycles. The molecule has 78 valence electrons. The molecular weight excluding hydrogens is 199 g/mol. The van der Waals surface area contributed by atoms with E-state index in [-0.39, 0.29) is 5.82 Å². The Bertz CT molecular complexity index is 545. The first-order valence-corrected chi connectivity index (χ1v) is 5.09. The van der Waals surface area contributed by atoms with Gasteiger partial charge in [-0.3, -0.25) is 0 Å². The van der Waals surface area contributed by atoms with Crippen LogP contribution in [0, 0.1) is 24.6 Å². The van der Waals surface area contributed by atoms with Crippen molar-refractivity contribution in [2.45, 2.75) is 6.92 Å². The standard InChI is InChI=1S/C15H11F/c1-12-11-15(16)10-9-14(12)8-7-13-5-3-2-4-6-13/h2-6,9-11H,1H3. The van der Waals surface area contributed by atoms with Gasteiger partial charge in [-0.05, 0) is 42.8 Å². The van der Waals surface area contributed by atoms with Crippen molar-refractivity contribution in [3.63, 3.8) is 0 Å². The van der Waals surface area contributed by atoms with Gasteiger partial charge in [0.05, 0.1) is 0 Å². The van der Waals surface area contributed by atoms with Gasteiger partial charge >= 0.3 is 0 Å². The van der Waals surface area contributed by atoms with Gasteiger partial charge in [0.2, 0.25) is 0 Å². The summed E-state index contributed by atoms with van der Waals surface area (Å²) in [7, 11) is 0. The molecule has 0 spiro atoms. The van der Waals surface area contributed by atoms with E-state index in [0.29, 0.717) is 0 Å². The molecule has 0 saturated heterocycles. The van der Waals surface area contributed by atoms with Crippen molar-refractivity contribution in [3.05, 3.63) is 71.0 Å². The van der Waals surface area contributed by atoms with Crippen LogP contribution in [0.4, 0.5) is 4.39 Å². The van der Waals surface area contributed by atoms with E-state index in [2.05, 4.69) is 11.8 Å². The molecular formula is C15H11F. The molecule has 0 aliphatic heterocycles. The third kappa shape index (κ3) is 2.49. The van der Waals surface area contributed by atoms with Crippen molar-refractivity contribution < 1.29 is 4.39 Å². The van der Waals surface area contributed by atoms with Gasteiger partial charge in [-0.15, -0.1) is 0 Å². The lowest BCUT2D eigenvalue weighted by Crippen LogP contribution is -1.84. The van der Waals surface area contributed by atoms with E-state index in [1.54, 1.807) is 6.07 Å². The number of benzene rings is 2. The van der Waals surface area contributed by atoms with E-state index in [1.165, 1.54) is 12.1 Å². The fourth-order valence-electron chi connectivity index (χ4n) is 1.43. The van der Waals surface area contributed by atoms with Gasteiger partial charge in [0, 0.05) is 11.1 Å². The molecule has 0 atom stereocenters. The Labute approximate surface area is 94.7 Å². The average Bonchev–Trinajstić information content (AvgIpc) is 2.29. The van der Waals surface area contributed by atoms with E-state index in [9.17, 15) is 4.39 Å². The molecule has 2 aromatic rings. The molecule has 0 aliphatic carbocycles. The summed E-state index contributed by atoms with van der Waals surface area (Å²) in [5.41, 5.74) is 2.69. The van der Waals surface area contributed by atoms with Crippen LogP contribution in [0.25, 0.3) is 0 Å². The van der Waals surface area contributed by atoms with Crippen molar-refractivity contribution in [2.75, 3.05) is 0 Å². The van der Waals surface area contributed by atoms with Crippen molar-refractivity contribution in [2.24, 2.45) is 0 Å². The van der Waals surface area contributed by atoms with E-state index < -0.39 is 0 Å². The third-order valence-corrected chi connectivity index (χ3v) is 2.30. The maximum absolute atomic E-state index is 12.9. The SMILES string of the molecule is Cc1cc(F)ccc1C#Cc1ccccc1. The Hall–Kier alpha value is -2.07. The molecule has 2 aromatic carbocycles. The van der Waals surface area contributed by atoms with Crippen LogP contribution in [-0.2, 0) is 0 Å². The normalized spacial score (nSPS) is 9.38. The molecule has 0 aromatic heterocycles. The number of rotatable bonds is 0. The van der Waals surface area contributed by atoms with Gasteiger partial charge in [-0.1, -0.05) is 30.0 Å². The predicted molar refractivity (Wildman–Crippen MR) is 63.6 cm³/mol. The summed E-state index contributed by atoms with van der Waals surface area (Å²) in [5, 5.41) is 0. The Morgan fingerprint density at radius 3 is 2.38 bits per heavy atom. The van der Waals surface area contributed by atoms with E-state index in [4.69, 9.17) is 0 Å². The lowest BCUT2D eigenvalue weighted by atomic mass is 10.1. The van der Waals surface area contributed by atoms with Gasteiger partial charge in [0.15, 0.2) is 0 Å². The number of halogens is 1. The lowest BCUT2D eigenvalue weighted by Gasteiger charge is -1.96. The second-order valence-electron chi connectivity index (χ2n) is 3.58. The first-order chi connectivity index (χ1) is 7.75. The summed E-state index contributed by atoms with van der Waals surface area (Å²) >= 11 is 0. The molecule has 0 nitrogen and oxygen atoms in total. The van der Waals surface area contributed by atoms with Gasteiger partial charge in [0.25, 0.3) is 0 Å². The molecule has 2 rings (SSSR count). The van der Waals surface area contributed by atoms with Gasteiger partial charge in [-0.2, -0.15) is 0 Å². The largest absolute Gasteiger partial charge is 0.207 e. The number of aryl methyl sites for hydroxylation is 1. The minimum Gasteiger partial charge on any atom is -0.207 e. The Kier molecular flexibility index (Phi) is 3.03. The molecule has 0 bridgehead atoms. The monoisotopic (exact) mass is 210 g/mol. The quantitative estimate of drug-likeness (QED) is 0.583.